The van der Waals surface area contributed by atoms with Crippen molar-refractivity contribution in [3.8, 4) is 0 Å². The Hall–Kier alpha value is -1.98. The first kappa shape index (κ1) is 14.4. The molecule has 2 aromatic rings. The number of nitrogens with one attached hydrogen (secondary N) is 1. The number of hydrogen-bond donors (Lipinski definition) is 3. The van der Waals surface area contributed by atoms with Crippen LogP contribution in [0, 0.1) is 5.82 Å². The van der Waals surface area contributed by atoms with Crippen LogP contribution in [-0.2, 0) is 0 Å². The average molecular weight is 315 g/mol. The molecule has 0 aromatic heterocycles. The first-order valence-electron chi connectivity index (χ1n) is 5.43. The van der Waals surface area contributed by atoms with Crippen LogP contribution in [0.4, 0.5) is 21.5 Å². The molecule has 0 spiro atoms. The van der Waals surface area contributed by atoms with Crippen LogP contribution >= 0.6 is 23.2 Å². The van der Waals surface area contributed by atoms with E-state index in [1.807, 2.05) is 0 Å². The molecule has 0 saturated carbocycles. The third-order valence-electron chi connectivity index (χ3n) is 2.60. The lowest BCUT2D eigenvalue weighted by Gasteiger charge is -2.12. The fourth-order valence-electron chi connectivity index (χ4n) is 1.64. The maximum absolute atomic E-state index is 13.3. The lowest BCUT2D eigenvalue weighted by Crippen LogP contribution is -2.05. The van der Waals surface area contributed by atoms with Crippen LogP contribution in [0.1, 0.15) is 10.4 Å². The number of carboxylic acid groups (broad SMARTS) is 1. The normalized spacial score (nSPS) is 10.3. The summed E-state index contributed by atoms with van der Waals surface area (Å²) < 4.78 is 13.3. The van der Waals surface area contributed by atoms with Gasteiger partial charge in [0.1, 0.15) is 0 Å². The molecule has 0 aliphatic rings. The Balaban J connectivity index is 2.40. The molecule has 0 unspecified atom stereocenters. The van der Waals surface area contributed by atoms with Crippen LogP contribution in [0.2, 0.25) is 10.0 Å². The minimum absolute atomic E-state index is 0.0331. The molecule has 104 valence electrons. The zero-order chi connectivity index (χ0) is 14.9. The van der Waals surface area contributed by atoms with Crippen LogP contribution < -0.4 is 11.1 Å². The Labute approximate surface area is 123 Å². The van der Waals surface area contributed by atoms with Gasteiger partial charge < -0.3 is 16.2 Å². The molecular weight excluding hydrogens is 306 g/mol. The van der Waals surface area contributed by atoms with E-state index in [1.165, 1.54) is 24.3 Å². The minimum Gasteiger partial charge on any atom is -0.478 e. The van der Waals surface area contributed by atoms with Crippen molar-refractivity contribution >= 4 is 46.2 Å². The Morgan fingerprint density at radius 2 is 1.85 bits per heavy atom. The van der Waals surface area contributed by atoms with Crippen molar-refractivity contribution in [2.75, 3.05) is 11.1 Å². The second-order valence-corrected chi connectivity index (χ2v) is 4.77. The van der Waals surface area contributed by atoms with Gasteiger partial charge in [-0.1, -0.05) is 29.3 Å². The molecule has 0 saturated heterocycles. The smallest absolute Gasteiger partial charge is 0.337 e. The zero-order valence-electron chi connectivity index (χ0n) is 9.95. The van der Waals surface area contributed by atoms with Gasteiger partial charge >= 0.3 is 5.97 Å². The third-order valence-corrected chi connectivity index (χ3v) is 3.15. The lowest BCUT2D eigenvalue weighted by molar-refractivity contribution is 0.0698. The predicted molar refractivity (Wildman–Crippen MR) is 77.5 cm³/mol. The number of hydrogen-bond acceptors (Lipinski definition) is 3. The van der Waals surface area contributed by atoms with Gasteiger partial charge in [0.05, 0.1) is 27.0 Å². The summed E-state index contributed by atoms with van der Waals surface area (Å²) >= 11 is 11.4. The summed E-state index contributed by atoms with van der Waals surface area (Å²) in [6, 6.07) is 7.17. The summed E-state index contributed by atoms with van der Waals surface area (Å²) in [5.41, 5.74) is 6.55. The molecule has 4 nitrogen and oxygen atoms in total. The van der Waals surface area contributed by atoms with Crippen LogP contribution in [0.15, 0.2) is 30.3 Å². The van der Waals surface area contributed by atoms with E-state index in [9.17, 15) is 9.18 Å². The topological polar surface area (TPSA) is 75.3 Å². The molecule has 7 heteroatoms. The van der Waals surface area contributed by atoms with Crippen molar-refractivity contribution in [2.24, 2.45) is 0 Å². The van der Waals surface area contributed by atoms with Gasteiger partial charge in [-0.2, -0.15) is 0 Å². The molecule has 0 bridgehead atoms. The highest BCUT2D eigenvalue weighted by Crippen LogP contribution is 2.31. The lowest BCUT2D eigenvalue weighted by atomic mass is 10.1. The summed E-state index contributed by atoms with van der Waals surface area (Å²) in [5.74, 6) is -1.85. The van der Waals surface area contributed by atoms with Crippen molar-refractivity contribution < 1.29 is 14.3 Å². The molecule has 0 fully saturated rings. The van der Waals surface area contributed by atoms with Gasteiger partial charge in [0, 0.05) is 5.69 Å². The molecule has 4 N–H and O–H groups in total. The number of carbonyl (C=O) groups is 1. The Bertz CT molecular complexity index is 669. The minimum atomic E-state index is -1.14. The van der Waals surface area contributed by atoms with E-state index < -0.39 is 11.8 Å². The number of nitrogen functional groups attached to an aromatic ring is 1. The SMILES string of the molecule is Nc1c(Nc2cc(Cl)c(F)c(Cl)c2)cccc1C(=O)O. The highest BCUT2D eigenvalue weighted by molar-refractivity contribution is 6.35. The molecular formula is C13H9Cl2FN2O2. The van der Waals surface area contributed by atoms with Crippen LogP contribution in [0.3, 0.4) is 0 Å². The zero-order valence-corrected chi connectivity index (χ0v) is 11.5. The Kier molecular flexibility index (Phi) is 4.01. The van der Waals surface area contributed by atoms with E-state index in [-0.39, 0.29) is 21.3 Å². The van der Waals surface area contributed by atoms with E-state index in [0.717, 1.165) is 0 Å². The second-order valence-electron chi connectivity index (χ2n) is 3.95. The number of anilines is 3. The maximum atomic E-state index is 13.3. The molecule has 0 amide bonds. The molecule has 0 heterocycles. The monoisotopic (exact) mass is 314 g/mol. The molecule has 0 atom stereocenters. The number of halogens is 3. The van der Waals surface area contributed by atoms with Gasteiger partial charge in [-0.3, -0.25) is 0 Å². The summed E-state index contributed by atoms with van der Waals surface area (Å²) in [6.07, 6.45) is 0. The fourth-order valence-corrected chi connectivity index (χ4v) is 2.13. The number of rotatable bonds is 3. The van der Waals surface area contributed by atoms with E-state index >= 15 is 0 Å². The summed E-state index contributed by atoms with van der Waals surface area (Å²) in [7, 11) is 0. The van der Waals surface area contributed by atoms with Gasteiger partial charge in [0.15, 0.2) is 5.82 Å². The number of carboxylic acids is 1. The van der Waals surface area contributed by atoms with Gasteiger partial charge in [-0.25, -0.2) is 9.18 Å². The number of aromatic carboxylic acids is 1. The van der Waals surface area contributed by atoms with Gasteiger partial charge in [0.25, 0.3) is 0 Å². The van der Waals surface area contributed by atoms with Crippen LogP contribution in [0.5, 0.6) is 0 Å². The second kappa shape index (κ2) is 5.56. The quantitative estimate of drug-likeness (QED) is 0.587. The number of para-hydroxylation sites is 1. The summed E-state index contributed by atoms with van der Waals surface area (Å²) in [4.78, 5) is 11.0. The highest BCUT2D eigenvalue weighted by Gasteiger charge is 2.12. The third kappa shape index (κ3) is 2.79. The van der Waals surface area contributed by atoms with E-state index in [2.05, 4.69) is 5.32 Å². The molecule has 2 rings (SSSR count). The van der Waals surface area contributed by atoms with Gasteiger partial charge in [-0.05, 0) is 24.3 Å². The largest absolute Gasteiger partial charge is 0.478 e. The predicted octanol–water partition coefficient (Wildman–Crippen LogP) is 4.16. The molecule has 20 heavy (non-hydrogen) atoms. The van der Waals surface area contributed by atoms with Gasteiger partial charge in [0.2, 0.25) is 0 Å². The van der Waals surface area contributed by atoms with E-state index in [1.54, 1.807) is 6.07 Å². The average Bonchev–Trinajstić information content (AvgIpc) is 2.38. The van der Waals surface area contributed by atoms with E-state index in [0.29, 0.717) is 11.4 Å². The highest BCUT2D eigenvalue weighted by atomic mass is 35.5. The van der Waals surface area contributed by atoms with Crippen molar-refractivity contribution in [3.63, 3.8) is 0 Å². The molecule has 2 aromatic carbocycles. The summed E-state index contributed by atoms with van der Waals surface area (Å²) in [6.45, 7) is 0. The first-order chi connectivity index (χ1) is 9.40. The Morgan fingerprint density at radius 3 is 2.40 bits per heavy atom. The fraction of sp³-hybridized carbons (Fsp3) is 0. The van der Waals surface area contributed by atoms with Crippen LogP contribution in [-0.4, -0.2) is 11.1 Å². The van der Waals surface area contributed by atoms with Gasteiger partial charge in [-0.15, -0.1) is 0 Å². The molecule has 0 radical (unpaired) electrons. The molecule has 0 aliphatic heterocycles. The van der Waals surface area contributed by atoms with E-state index in [4.69, 9.17) is 34.0 Å². The Morgan fingerprint density at radius 1 is 1.25 bits per heavy atom. The van der Waals surface area contributed by atoms with Crippen LogP contribution in [0.25, 0.3) is 0 Å². The maximum Gasteiger partial charge on any atom is 0.337 e. The number of nitrogens with two attached hydrogens (primary N) is 1. The van der Waals surface area contributed by atoms with Crippen molar-refractivity contribution in [1.29, 1.82) is 0 Å². The summed E-state index contributed by atoms with van der Waals surface area (Å²) in [5, 5.41) is 11.5. The molecule has 0 aliphatic carbocycles. The van der Waals surface area contributed by atoms with Crippen molar-refractivity contribution in [2.45, 2.75) is 0 Å². The standard InChI is InChI=1S/C13H9Cl2FN2O2/c14-8-4-6(5-9(15)11(8)16)18-10-3-1-2-7(12(10)17)13(19)20/h1-5,18H,17H2,(H,19,20). The number of benzene rings is 2. The first-order valence-corrected chi connectivity index (χ1v) is 6.19. The van der Waals surface area contributed by atoms with Crippen molar-refractivity contribution in [3.05, 3.63) is 51.8 Å². The van der Waals surface area contributed by atoms with Crippen molar-refractivity contribution in [1.82, 2.24) is 0 Å².